The summed E-state index contributed by atoms with van der Waals surface area (Å²) in [5, 5.41) is 2.08. The first-order valence-corrected chi connectivity index (χ1v) is 6.08. The number of anilines is 1. The maximum Gasteiger partial charge on any atom is 0.180 e. The second-order valence-electron chi connectivity index (χ2n) is 3.81. The van der Waals surface area contributed by atoms with Crippen molar-refractivity contribution in [3.05, 3.63) is 46.5 Å². The standard InChI is InChI=1S/C12H10F2N2OS/c13-8-2-1-7(11(14)4-8)3-10(17)5-9-6-18-12(15)16-9/h1-2,4,6H,3,5H2,(H2,15,16). The molecule has 94 valence electrons. The number of benzene rings is 1. The van der Waals surface area contributed by atoms with Gasteiger partial charge in [-0.2, -0.15) is 0 Å². The van der Waals surface area contributed by atoms with Crippen molar-refractivity contribution in [1.82, 2.24) is 4.98 Å². The number of nitrogen functional groups attached to an aromatic ring is 1. The average molecular weight is 268 g/mol. The van der Waals surface area contributed by atoms with Crippen LogP contribution < -0.4 is 5.73 Å². The molecule has 1 heterocycles. The van der Waals surface area contributed by atoms with Gasteiger partial charge < -0.3 is 5.73 Å². The predicted octanol–water partition coefficient (Wildman–Crippen LogP) is 2.36. The second kappa shape index (κ2) is 5.22. The van der Waals surface area contributed by atoms with Crippen LogP contribution in [0.1, 0.15) is 11.3 Å². The molecule has 0 bridgehead atoms. The van der Waals surface area contributed by atoms with Crippen LogP contribution in [0.15, 0.2) is 23.6 Å². The first-order chi connectivity index (χ1) is 8.54. The number of nitrogens with zero attached hydrogens (tertiary/aromatic N) is 1. The normalized spacial score (nSPS) is 10.6. The molecule has 18 heavy (non-hydrogen) atoms. The van der Waals surface area contributed by atoms with E-state index < -0.39 is 11.6 Å². The van der Waals surface area contributed by atoms with Gasteiger partial charge in [0.1, 0.15) is 17.4 Å². The molecule has 0 saturated carbocycles. The Morgan fingerprint density at radius 3 is 2.72 bits per heavy atom. The van der Waals surface area contributed by atoms with Crippen LogP contribution in [0.4, 0.5) is 13.9 Å². The highest BCUT2D eigenvalue weighted by Gasteiger charge is 2.11. The third-order valence-electron chi connectivity index (χ3n) is 2.35. The van der Waals surface area contributed by atoms with Crippen LogP contribution in [0.5, 0.6) is 0 Å². The van der Waals surface area contributed by atoms with Gasteiger partial charge in [0.15, 0.2) is 5.13 Å². The summed E-state index contributed by atoms with van der Waals surface area (Å²) in [6, 6.07) is 3.17. The maximum atomic E-state index is 13.3. The van der Waals surface area contributed by atoms with Crippen molar-refractivity contribution in [3.8, 4) is 0 Å². The second-order valence-corrected chi connectivity index (χ2v) is 4.69. The molecule has 2 aromatic rings. The van der Waals surface area contributed by atoms with Gasteiger partial charge in [0.25, 0.3) is 0 Å². The molecule has 0 aliphatic rings. The molecule has 0 atom stereocenters. The largest absolute Gasteiger partial charge is 0.375 e. The summed E-state index contributed by atoms with van der Waals surface area (Å²) in [5.41, 5.74) is 6.20. The van der Waals surface area contributed by atoms with E-state index in [-0.39, 0.29) is 24.2 Å². The molecule has 0 aliphatic heterocycles. The third-order valence-corrected chi connectivity index (χ3v) is 3.07. The molecule has 1 aromatic carbocycles. The van der Waals surface area contributed by atoms with Gasteiger partial charge in [-0.25, -0.2) is 13.8 Å². The Hall–Kier alpha value is -1.82. The molecule has 1 aromatic heterocycles. The summed E-state index contributed by atoms with van der Waals surface area (Å²) < 4.78 is 26.0. The minimum Gasteiger partial charge on any atom is -0.375 e. The lowest BCUT2D eigenvalue weighted by atomic mass is 10.1. The molecule has 3 nitrogen and oxygen atoms in total. The van der Waals surface area contributed by atoms with E-state index >= 15 is 0 Å². The van der Waals surface area contributed by atoms with Crippen molar-refractivity contribution in [3.63, 3.8) is 0 Å². The topological polar surface area (TPSA) is 56.0 Å². The fourth-order valence-corrected chi connectivity index (χ4v) is 2.11. The molecule has 0 aliphatic carbocycles. The Morgan fingerprint density at radius 1 is 1.33 bits per heavy atom. The highest BCUT2D eigenvalue weighted by molar-refractivity contribution is 7.13. The molecule has 0 unspecified atom stereocenters. The zero-order chi connectivity index (χ0) is 13.1. The van der Waals surface area contributed by atoms with Gasteiger partial charge in [-0.3, -0.25) is 4.79 Å². The lowest BCUT2D eigenvalue weighted by Gasteiger charge is -2.02. The van der Waals surface area contributed by atoms with E-state index in [1.165, 1.54) is 17.4 Å². The van der Waals surface area contributed by atoms with Crippen molar-refractivity contribution in [2.75, 3.05) is 5.73 Å². The van der Waals surface area contributed by atoms with E-state index in [9.17, 15) is 13.6 Å². The van der Waals surface area contributed by atoms with Gasteiger partial charge in [0.05, 0.1) is 5.69 Å². The summed E-state index contributed by atoms with van der Waals surface area (Å²) in [5.74, 6) is -1.55. The fraction of sp³-hybridized carbons (Fsp3) is 0.167. The average Bonchev–Trinajstić information content (AvgIpc) is 2.68. The number of hydrogen-bond acceptors (Lipinski definition) is 4. The van der Waals surface area contributed by atoms with Gasteiger partial charge >= 0.3 is 0 Å². The molecule has 6 heteroatoms. The number of Topliss-reactive ketones (excluding diaryl/α,β-unsaturated/α-hetero) is 1. The van der Waals surface area contributed by atoms with Crippen molar-refractivity contribution >= 4 is 22.3 Å². The zero-order valence-corrected chi connectivity index (χ0v) is 10.1. The quantitative estimate of drug-likeness (QED) is 0.926. The van der Waals surface area contributed by atoms with Crippen LogP contribution in [0, 0.1) is 11.6 Å². The number of halogens is 2. The summed E-state index contributed by atoms with van der Waals surface area (Å²) in [7, 11) is 0. The minimum absolute atomic E-state index is 0.0798. The number of carbonyl (C=O) groups is 1. The van der Waals surface area contributed by atoms with Crippen LogP contribution in [-0.4, -0.2) is 10.8 Å². The van der Waals surface area contributed by atoms with E-state index in [2.05, 4.69) is 4.98 Å². The van der Waals surface area contributed by atoms with Gasteiger partial charge in [-0.1, -0.05) is 6.07 Å². The Balaban J connectivity index is 2.03. The molecular weight excluding hydrogens is 258 g/mol. The molecule has 0 saturated heterocycles. The Bertz CT molecular complexity index is 583. The summed E-state index contributed by atoms with van der Waals surface area (Å²) in [6.45, 7) is 0. The fourth-order valence-electron chi connectivity index (χ4n) is 1.55. The minimum atomic E-state index is -0.707. The summed E-state index contributed by atoms with van der Waals surface area (Å²) in [4.78, 5) is 15.6. The van der Waals surface area contributed by atoms with E-state index in [0.29, 0.717) is 10.8 Å². The summed E-state index contributed by atoms with van der Waals surface area (Å²) in [6.07, 6.45) is 0.0219. The van der Waals surface area contributed by atoms with E-state index in [1.807, 2.05) is 0 Å². The number of hydrogen-bond donors (Lipinski definition) is 1. The number of nitrogens with two attached hydrogens (primary N) is 1. The smallest absolute Gasteiger partial charge is 0.180 e. The number of aromatic nitrogens is 1. The molecular formula is C12H10F2N2OS. The number of ketones is 1. The first kappa shape index (κ1) is 12.6. The third kappa shape index (κ3) is 3.10. The van der Waals surface area contributed by atoms with E-state index in [1.54, 1.807) is 5.38 Å². The molecule has 2 rings (SSSR count). The Kier molecular flexibility index (Phi) is 3.66. The lowest BCUT2D eigenvalue weighted by molar-refractivity contribution is -0.117. The predicted molar refractivity (Wildman–Crippen MR) is 65.3 cm³/mol. The zero-order valence-electron chi connectivity index (χ0n) is 9.32. The lowest BCUT2D eigenvalue weighted by Crippen LogP contribution is -2.08. The van der Waals surface area contributed by atoms with Gasteiger partial charge in [0.2, 0.25) is 0 Å². The van der Waals surface area contributed by atoms with Crippen LogP contribution in [0.3, 0.4) is 0 Å². The molecule has 0 amide bonds. The molecule has 2 N–H and O–H groups in total. The van der Waals surface area contributed by atoms with Crippen LogP contribution in [0.2, 0.25) is 0 Å². The molecule has 0 radical (unpaired) electrons. The first-order valence-electron chi connectivity index (χ1n) is 5.20. The monoisotopic (exact) mass is 268 g/mol. The highest BCUT2D eigenvalue weighted by atomic mass is 32.1. The van der Waals surface area contributed by atoms with Gasteiger partial charge in [-0.15, -0.1) is 11.3 Å². The van der Waals surface area contributed by atoms with E-state index in [4.69, 9.17) is 5.73 Å². The van der Waals surface area contributed by atoms with Crippen molar-refractivity contribution < 1.29 is 13.6 Å². The Labute approximate surface area is 106 Å². The number of rotatable bonds is 4. The van der Waals surface area contributed by atoms with Crippen molar-refractivity contribution in [1.29, 1.82) is 0 Å². The molecule has 0 spiro atoms. The SMILES string of the molecule is Nc1nc(CC(=O)Cc2ccc(F)cc2F)cs1. The molecule has 0 fully saturated rings. The Morgan fingerprint density at radius 2 is 2.11 bits per heavy atom. The van der Waals surface area contributed by atoms with Crippen LogP contribution in [-0.2, 0) is 17.6 Å². The summed E-state index contributed by atoms with van der Waals surface area (Å²) >= 11 is 1.25. The number of thiazole rings is 1. The van der Waals surface area contributed by atoms with Crippen molar-refractivity contribution in [2.45, 2.75) is 12.8 Å². The van der Waals surface area contributed by atoms with Gasteiger partial charge in [-0.05, 0) is 11.6 Å². The van der Waals surface area contributed by atoms with E-state index in [0.717, 1.165) is 12.1 Å². The number of carbonyl (C=O) groups excluding carboxylic acids is 1. The van der Waals surface area contributed by atoms with Gasteiger partial charge in [0, 0.05) is 24.3 Å². The van der Waals surface area contributed by atoms with Crippen molar-refractivity contribution in [2.24, 2.45) is 0 Å². The van der Waals surface area contributed by atoms with Crippen LogP contribution >= 0.6 is 11.3 Å². The highest BCUT2D eigenvalue weighted by Crippen LogP contribution is 2.14. The van der Waals surface area contributed by atoms with Crippen LogP contribution in [0.25, 0.3) is 0 Å². The maximum absolute atomic E-state index is 13.3.